The van der Waals surface area contributed by atoms with E-state index in [0.717, 1.165) is 12.1 Å². The highest BCUT2D eigenvalue weighted by Crippen LogP contribution is 2.40. The molecule has 0 radical (unpaired) electrons. The number of halogens is 1. The van der Waals surface area contributed by atoms with Crippen molar-refractivity contribution in [2.24, 2.45) is 0 Å². The van der Waals surface area contributed by atoms with Gasteiger partial charge in [-0.1, -0.05) is 0 Å². The van der Waals surface area contributed by atoms with Gasteiger partial charge in [-0.3, -0.25) is 0 Å². The lowest BCUT2D eigenvalue weighted by Gasteiger charge is -2.12. The molecule has 1 heterocycles. The maximum atomic E-state index is 13.5. The van der Waals surface area contributed by atoms with Crippen LogP contribution in [0.5, 0.6) is 11.5 Å². The first-order valence-electron chi connectivity index (χ1n) is 6.72. The summed E-state index contributed by atoms with van der Waals surface area (Å²) in [6, 6.07) is 9.44. The van der Waals surface area contributed by atoms with E-state index in [1.165, 1.54) is 18.2 Å². The fraction of sp³-hybridized carbons (Fsp3) is 0.125. The Kier molecular flexibility index (Phi) is 3.72. The van der Waals surface area contributed by atoms with Gasteiger partial charge in [-0.2, -0.15) is 10.5 Å². The van der Waals surface area contributed by atoms with Crippen LogP contribution in [0.15, 0.2) is 35.2 Å². The number of hydrogen-bond acceptors (Lipinski definition) is 6. The molecule has 0 aliphatic carbocycles. The fourth-order valence-corrected chi connectivity index (χ4v) is 4.19. The van der Waals surface area contributed by atoms with E-state index in [2.05, 4.69) is 0 Å². The zero-order valence-corrected chi connectivity index (χ0v) is 12.8. The molecule has 1 aliphatic rings. The molecule has 1 atom stereocenters. The highest BCUT2D eigenvalue weighted by Gasteiger charge is 2.37. The number of ether oxygens (including phenoxy) is 1. The number of sulfone groups is 1. The number of hydrogen-bond donors (Lipinski definition) is 1. The van der Waals surface area contributed by atoms with Gasteiger partial charge in [0.25, 0.3) is 0 Å². The number of benzene rings is 2. The maximum absolute atomic E-state index is 13.5. The molecule has 6 nitrogen and oxygen atoms in total. The van der Waals surface area contributed by atoms with Crippen molar-refractivity contribution in [1.29, 1.82) is 10.5 Å². The van der Waals surface area contributed by atoms with Crippen molar-refractivity contribution in [1.82, 2.24) is 0 Å². The van der Waals surface area contributed by atoms with Crippen molar-refractivity contribution in [3.05, 3.63) is 52.8 Å². The van der Waals surface area contributed by atoms with E-state index in [1.54, 1.807) is 6.07 Å². The molecule has 2 aromatic rings. The third kappa shape index (κ3) is 2.58. The van der Waals surface area contributed by atoms with E-state index in [1.807, 2.05) is 6.07 Å². The third-order valence-electron chi connectivity index (χ3n) is 3.55. The minimum atomic E-state index is -3.65. The summed E-state index contributed by atoms with van der Waals surface area (Å²) in [4.78, 5) is -0.115. The first-order valence-corrected chi connectivity index (χ1v) is 8.37. The van der Waals surface area contributed by atoms with Crippen molar-refractivity contribution < 1.29 is 22.7 Å². The first-order chi connectivity index (χ1) is 11.4. The Morgan fingerprint density at radius 3 is 2.62 bits per heavy atom. The summed E-state index contributed by atoms with van der Waals surface area (Å²) >= 11 is 0. The van der Waals surface area contributed by atoms with Crippen LogP contribution in [0.3, 0.4) is 0 Å². The lowest BCUT2D eigenvalue weighted by atomic mass is 10.0. The molecule has 0 aromatic heterocycles. The van der Waals surface area contributed by atoms with Gasteiger partial charge in [-0.15, -0.1) is 0 Å². The molecule has 0 unspecified atom stereocenters. The molecule has 0 spiro atoms. The van der Waals surface area contributed by atoms with Crippen LogP contribution in [0.2, 0.25) is 0 Å². The SMILES string of the molecule is N#Cc1cc(F)cc(Oc2ccc3c(c2C#N)[C@@H](O)CS3(=O)=O)c1. The summed E-state index contributed by atoms with van der Waals surface area (Å²) < 4.78 is 42.8. The Hall–Kier alpha value is -2.94. The Balaban J connectivity index is 2.12. The van der Waals surface area contributed by atoms with Gasteiger partial charge < -0.3 is 9.84 Å². The second-order valence-corrected chi connectivity index (χ2v) is 7.15. The average molecular weight is 344 g/mol. The predicted octanol–water partition coefficient (Wildman–Crippen LogP) is 2.18. The number of aliphatic hydroxyl groups is 1. The molecule has 0 amide bonds. The summed E-state index contributed by atoms with van der Waals surface area (Å²) in [5, 5.41) is 28.1. The molecule has 1 aliphatic heterocycles. The van der Waals surface area contributed by atoms with Crippen LogP contribution >= 0.6 is 0 Å². The number of fused-ring (bicyclic) bond motifs is 1. The van der Waals surface area contributed by atoms with Gasteiger partial charge in [-0.25, -0.2) is 12.8 Å². The Morgan fingerprint density at radius 1 is 1.21 bits per heavy atom. The molecule has 24 heavy (non-hydrogen) atoms. The first kappa shape index (κ1) is 15.9. The standard InChI is InChI=1S/C16H9FN2O4S/c17-10-3-9(6-18)4-11(5-10)23-14-1-2-15-16(12(14)7-19)13(20)8-24(15,21)22/h1-5,13,20H,8H2/t13-/m0/s1. The van der Waals surface area contributed by atoms with Crippen LogP contribution in [-0.4, -0.2) is 19.3 Å². The molecule has 0 bridgehead atoms. The fourth-order valence-electron chi connectivity index (χ4n) is 2.58. The smallest absolute Gasteiger partial charge is 0.181 e. The van der Waals surface area contributed by atoms with Crippen LogP contribution < -0.4 is 4.74 Å². The molecule has 0 fully saturated rings. The van der Waals surface area contributed by atoms with Crippen molar-refractivity contribution >= 4 is 9.84 Å². The predicted molar refractivity (Wildman–Crippen MR) is 79.4 cm³/mol. The average Bonchev–Trinajstić information content (AvgIpc) is 2.76. The summed E-state index contributed by atoms with van der Waals surface area (Å²) in [6.45, 7) is 0. The summed E-state index contributed by atoms with van der Waals surface area (Å²) in [5.74, 6) is -1.23. The second kappa shape index (κ2) is 5.60. The van der Waals surface area contributed by atoms with Gasteiger partial charge in [0.2, 0.25) is 0 Å². The Labute approximate surface area is 136 Å². The Morgan fingerprint density at radius 2 is 1.96 bits per heavy atom. The monoisotopic (exact) mass is 344 g/mol. The minimum Gasteiger partial charge on any atom is -0.456 e. The molecule has 1 N–H and O–H groups in total. The van der Waals surface area contributed by atoms with Gasteiger partial charge in [0.1, 0.15) is 28.9 Å². The van der Waals surface area contributed by atoms with Gasteiger partial charge >= 0.3 is 0 Å². The second-order valence-electron chi connectivity index (χ2n) is 5.15. The normalized spacial score (nSPS) is 17.6. The van der Waals surface area contributed by atoms with Crippen molar-refractivity contribution in [3.8, 4) is 23.6 Å². The van der Waals surface area contributed by atoms with Crippen LogP contribution in [-0.2, 0) is 9.84 Å². The van der Waals surface area contributed by atoms with Crippen molar-refractivity contribution in [3.63, 3.8) is 0 Å². The van der Waals surface area contributed by atoms with Crippen LogP contribution in [0, 0.1) is 28.5 Å². The van der Waals surface area contributed by atoms with Crippen LogP contribution in [0.4, 0.5) is 4.39 Å². The molecule has 8 heteroatoms. The van der Waals surface area contributed by atoms with E-state index < -0.39 is 27.5 Å². The largest absolute Gasteiger partial charge is 0.456 e. The molecule has 0 saturated carbocycles. The van der Waals surface area contributed by atoms with Crippen molar-refractivity contribution in [2.45, 2.75) is 11.0 Å². The summed E-state index contributed by atoms with van der Waals surface area (Å²) in [7, 11) is -3.65. The highest BCUT2D eigenvalue weighted by atomic mass is 32.2. The van der Waals surface area contributed by atoms with Gasteiger partial charge in [0.05, 0.1) is 28.4 Å². The molecule has 2 aromatic carbocycles. The summed E-state index contributed by atoms with van der Waals surface area (Å²) in [6.07, 6.45) is -1.33. The molecule has 120 valence electrons. The highest BCUT2D eigenvalue weighted by molar-refractivity contribution is 7.91. The zero-order chi connectivity index (χ0) is 17.5. The summed E-state index contributed by atoms with van der Waals surface area (Å²) in [5.41, 5.74) is -0.122. The van der Waals surface area contributed by atoms with Gasteiger partial charge in [-0.05, 0) is 24.3 Å². The van der Waals surface area contributed by atoms with Crippen LogP contribution in [0.25, 0.3) is 0 Å². The number of nitrogens with zero attached hydrogens (tertiary/aromatic N) is 2. The van der Waals surface area contributed by atoms with E-state index in [0.29, 0.717) is 0 Å². The molecule has 0 saturated heterocycles. The minimum absolute atomic E-state index is 0.0154. The zero-order valence-electron chi connectivity index (χ0n) is 12.0. The lowest BCUT2D eigenvalue weighted by molar-refractivity contribution is 0.203. The number of nitriles is 2. The third-order valence-corrected chi connectivity index (χ3v) is 5.33. The quantitative estimate of drug-likeness (QED) is 0.894. The van der Waals surface area contributed by atoms with E-state index in [4.69, 9.17) is 10.00 Å². The molecular formula is C16H9FN2O4S. The van der Waals surface area contributed by atoms with Crippen molar-refractivity contribution in [2.75, 3.05) is 5.75 Å². The molecule has 3 rings (SSSR count). The van der Waals surface area contributed by atoms with Gasteiger partial charge in [0.15, 0.2) is 9.84 Å². The van der Waals surface area contributed by atoms with Crippen LogP contribution in [0.1, 0.15) is 22.8 Å². The topological polar surface area (TPSA) is 111 Å². The van der Waals surface area contributed by atoms with Gasteiger partial charge in [0, 0.05) is 11.6 Å². The maximum Gasteiger partial charge on any atom is 0.181 e. The molecular weight excluding hydrogens is 335 g/mol. The number of rotatable bonds is 2. The van der Waals surface area contributed by atoms with E-state index >= 15 is 0 Å². The van der Waals surface area contributed by atoms with E-state index in [-0.39, 0.29) is 33.1 Å². The Bertz CT molecular complexity index is 1040. The van der Waals surface area contributed by atoms with E-state index in [9.17, 15) is 23.2 Å². The number of aliphatic hydroxyl groups excluding tert-OH is 1. The lowest BCUT2D eigenvalue weighted by Crippen LogP contribution is -2.02.